The van der Waals surface area contributed by atoms with Crippen molar-refractivity contribution in [1.29, 1.82) is 0 Å². The van der Waals surface area contributed by atoms with Crippen LogP contribution in [0.2, 0.25) is 0 Å². The Morgan fingerprint density at radius 3 is 2.60 bits per heavy atom. The molecule has 3 heteroatoms. The number of hydrogen-bond donors (Lipinski definition) is 1. The molecular formula is C12H15F2N. The number of nitrogens with two attached hydrogens (primary N) is 1. The fraction of sp³-hybridized carbons (Fsp3) is 0.500. The number of alkyl halides is 2. The Labute approximate surface area is 88.3 Å². The Kier molecular flexibility index (Phi) is 2.89. The SMILES string of the molecule is Nc1ccccc1C1CCCC1C(F)F. The first-order chi connectivity index (χ1) is 7.20. The van der Waals surface area contributed by atoms with Crippen molar-refractivity contribution >= 4 is 5.69 Å². The first kappa shape index (κ1) is 10.4. The number of anilines is 1. The average molecular weight is 211 g/mol. The maximum Gasteiger partial charge on any atom is 0.242 e. The zero-order valence-electron chi connectivity index (χ0n) is 8.50. The molecule has 1 fully saturated rings. The predicted octanol–water partition coefficient (Wildman–Crippen LogP) is 3.42. The van der Waals surface area contributed by atoms with Gasteiger partial charge in [0.15, 0.2) is 0 Å². The third kappa shape index (κ3) is 1.96. The number of hydrogen-bond acceptors (Lipinski definition) is 1. The van der Waals surface area contributed by atoms with Gasteiger partial charge in [-0.3, -0.25) is 0 Å². The van der Waals surface area contributed by atoms with Gasteiger partial charge in [-0.1, -0.05) is 24.6 Å². The quantitative estimate of drug-likeness (QED) is 0.745. The fourth-order valence-electron chi connectivity index (χ4n) is 2.53. The van der Waals surface area contributed by atoms with Gasteiger partial charge in [-0.25, -0.2) is 8.78 Å². The predicted molar refractivity (Wildman–Crippen MR) is 56.9 cm³/mol. The molecule has 0 saturated heterocycles. The van der Waals surface area contributed by atoms with Crippen molar-refractivity contribution in [2.75, 3.05) is 5.73 Å². The smallest absolute Gasteiger partial charge is 0.242 e. The molecule has 0 heterocycles. The van der Waals surface area contributed by atoms with Gasteiger partial charge in [0, 0.05) is 11.6 Å². The molecule has 0 spiro atoms. The van der Waals surface area contributed by atoms with E-state index in [-0.39, 0.29) is 5.92 Å². The Bertz CT molecular complexity index is 338. The lowest BCUT2D eigenvalue weighted by Gasteiger charge is -2.20. The summed E-state index contributed by atoms with van der Waals surface area (Å²) in [6.45, 7) is 0. The molecule has 0 aliphatic heterocycles. The number of rotatable bonds is 2. The van der Waals surface area contributed by atoms with Gasteiger partial charge in [0.2, 0.25) is 6.43 Å². The van der Waals surface area contributed by atoms with E-state index in [1.807, 2.05) is 18.2 Å². The summed E-state index contributed by atoms with van der Waals surface area (Å²) in [7, 11) is 0. The molecular weight excluding hydrogens is 196 g/mol. The first-order valence-corrected chi connectivity index (χ1v) is 5.32. The van der Waals surface area contributed by atoms with Crippen molar-refractivity contribution < 1.29 is 8.78 Å². The minimum absolute atomic E-state index is 0.0498. The molecule has 1 aliphatic rings. The van der Waals surface area contributed by atoms with Gasteiger partial charge in [0.1, 0.15) is 0 Å². The van der Waals surface area contributed by atoms with Crippen LogP contribution in [0.4, 0.5) is 14.5 Å². The summed E-state index contributed by atoms with van der Waals surface area (Å²) < 4.78 is 25.5. The summed E-state index contributed by atoms with van der Waals surface area (Å²) in [6.07, 6.45) is 0.116. The second kappa shape index (κ2) is 4.17. The molecule has 2 rings (SSSR count). The fourth-order valence-corrected chi connectivity index (χ4v) is 2.53. The molecule has 1 aliphatic carbocycles. The Hall–Kier alpha value is -1.12. The molecule has 0 bridgehead atoms. The monoisotopic (exact) mass is 211 g/mol. The molecule has 2 atom stereocenters. The van der Waals surface area contributed by atoms with Crippen molar-refractivity contribution in [2.24, 2.45) is 5.92 Å². The molecule has 1 saturated carbocycles. The molecule has 1 aromatic carbocycles. The van der Waals surface area contributed by atoms with Gasteiger partial charge < -0.3 is 5.73 Å². The number of benzene rings is 1. The van der Waals surface area contributed by atoms with E-state index in [1.165, 1.54) is 0 Å². The second-order valence-electron chi connectivity index (χ2n) is 4.16. The van der Waals surface area contributed by atoms with Crippen LogP contribution >= 0.6 is 0 Å². The first-order valence-electron chi connectivity index (χ1n) is 5.32. The van der Waals surface area contributed by atoms with Gasteiger partial charge in [-0.15, -0.1) is 0 Å². The standard InChI is InChI=1S/C12H15F2N/c13-12(14)10-6-3-5-8(10)9-4-1-2-7-11(9)15/h1-2,4,7-8,10,12H,3,5-6,15H2. The summed E-state index contributed by atoms with van der Waals surface area (Å²) in [4.78, 5) is 0. The van der Waals surface area contributed by atoms with E-state index in [1.54, 1.807) is 6.07 Å². The lowest BCUT2D eigenvalue weighted by molar-refractivity contribution is 0.0718. The van der Waals surface area contributed by atoms with Crippen molar-refractivity contribution in [3.05, 3.63) is 29.8 Å². The van der Waals surface area contributed by atoms with Crippen LogP contribution < -0.4 is 5.73 Å². The largest absolute Gasteiger partial charge is 0.398 e. The minimum Gasteiger partial charge on any atom is -0.398 e. The zero-order valence-corrected chi connectivity index (χ0v) is 8.50. The molecule has 1 nitrogen and oxygen atoms in total. The van der Waals surface area contributed by atoms with Crippen LogP contribution in [0, 0.1) is 5.92 Å². The van der Waals surface area contributed by atoms with Crippen LogP contribution in [-0.2, 0) is 0 Å². The van der Waals surface area contributed by atoms with Gasteiger partial charge >= 0.3 is 0 Å². The maximum absolute atomic E-state index is 12.8. The summed E-state index contributed by atoms with van der Waals surface area (Å²) in [5.41, 5.74) is 7.37. The van der Waals surface area contributed by atoms with Crippen molar-refractivity contribution in [2.45, 2.75) is 31.6 Å². The normalized spacial score (nSPS) is 26.1. The van der Waals surface area contributed by atoms with E-state index in [4.69, 9.17) is 5.73 Å². The highest BCUT2D eigenvalue weighted by Gasteiger charge is 2.35. The van der Waals surface area contributed by atoms with E-state index >= 15 is 0 Å². The number of para-hydroxylation sites is 1. The van der Waals surface area contributed by atoms with E-state index in [0.717, 1.165) is 18.4 Å². The average Bonchev–Trinajstić information content (AvgIpc) is 2.67. The van der Waals surface area contributed by atoms with Crippen LogP contribution in [0.1, 0.15) is 30.7 Å². The highest BCUT2D eigenvalue weighted by atomic mass is 19.3. The van der Waals surface area contributed by atoms with E-state index in [9.17, 15) is 8.78 Å². The Balaban J connectivity index is 2.27. The third-order valence-corrected chi connectivity index (χ3v) is 3.29. The molecule has 0 aromatic heterocycles. The molecule has 0 radical (unpaired) electrons. The summed E-state index contributed by atoms with van der Waals surface area (Å²) >= 11 is 0. The third-order valence-electron chi connectivity index (χ3n) is 3.29. The lowest BCUT2D eigenvalue weighted by Crippen LogP contribution is -2.15. The van der Waals surface area contributed by atoms with Crippen molar-refractivity contribution in [3.63, 3.8) is 0 Å². The van der Waals surface area contributed by atoms with Crippen LogP contribution in [-0.4, -0.2) is 6.43 Å². The van der Waals surface area contributed by atoms with Crippen molar-refractivity contribution in [1.82, 2.24) is 0 Å². The maximum atomic E-state index is 12.8. The molecule has 0 amide bonds. The Morgan fingerprint density at radius 2 is 1.93 bits per heavy atom. The van der Waals surface area contributed by atoms with E-state index < -0.39 is 12.3 Å². The minimum atomic E-state index is -2.22. The van der Waals surface area contributed by atoms with Crippen LogP contribution in [0.15, 0.2) is 24.3 Å². The van der Waals surface area contributed by atoms with E-state index in [2.05, 4.69) is 0 Å². The molecule has 2 N–H and O–H groups in total. The van der Waals surface area contributed by atoms with Crippen molar-refractivity contribution in [3.8, 4) is 0 Å². The highest BCUT2D eigenvalue weighted by molar-refractivity contribution is 5.49. The van der Waals surface area contributed by atoms with Crippen LogP contribution in [0.5, 0.6) is 0 Å². The summed E-state index contributed by atoms with van der Waals surface area (Å²) in [6, 6.07) is 7.37. The number of nitrogen functional groups attached to an aromatic ring is 1. The number of halogens is 2. The lowest BCUT2D eigenvalue weighted by atomic mass is 9.88. The van der Waals surface area contributed by atoms with Gasteiger partial charge in [-0.05, 0) is 30.4 Å². The Morgan fingerprint density at radius 1 is 1.20 bits per heavy atom. The molecule has 1 aromatic rings. The molecule has 15 heavy (non-hydrogen) atoms. The molecule has 2 unspecified atom stereocenters. The van der Waals surface area contributed by atoms with Gasteiger partial charge in [0.25, 0.3) is 0 Å². The summed E-state index contributed by atoms with van der Waals surface area (Å²) in [5.74, 6) is -0.555. The van der Waals surface area contributed by atoms with Crippen LogP contribution in [0.3, 0.4) is 0 Å². The van der Waals surface area contributed by atoms with Gasteiger partial charge in [-0.2, -0.15) is 0 Å². The van der Waals surface area contributed by atoms with E-state index in [0.29, 0.717) is 12.1 Å². The van der Waals surface area contributed by atoms with Crippen LogP contribution in [0.25, 0.3) is 0 Å². The topological polar surface area (TPSA) is 26.0 Å². The summed E-state index contributed by atoms with van der Waals surface area (Å²) in [5, 5.41) is 0. The zero-order chi connectivity index (χ0) is 10.8. The van der Waals surface area contributed by atoms with Gasteiger partial charge in [0.05, 0.1) is 0 Å². The second-order valence-corrected chi connectivity index (χ2v) is 4.16. The molecule has 82 valence electrons. The highest BCUT2D eigenvalue weighted by Crippen LogP contribution is 2.44.